The Labute approximate surface area is 202 Å². The predicted molar refractivity (Wildman–Crippen MR) is 132 cm³/mol. The lowest BCUT2D eigenvalue weighted by molar-refractivity contribution is 0.1000. The summed E-state index contributed by atoms with van der Waals surface area (Å²) in [5.74, 6) is 0.115. The highest BCUT2D eigenvalue weighted by Gasteiger charge is 2.27. The van der Waals surface area contributed by atoms with Gasteiger partial charge in [-0.05, 0) is 79.3 Å². The van der Waals surface area contributed by atoms with Gasteiger partial charge in [0, 0.05) is 16.1 Å². The van der Waals surface area contributed by atoms with E-state index in [1.807, 2.05) is 0 Å². The predicted octanol–water partition coefficient (Wildman–Crippen LogP) is 4.03. The number of sulfonamides is 1. The van der Waals surface area contributed by atoms with Crippen LogP contribution in [0.3, 0.4) is 0 Å². The van der Waals surface area contributed by atoms with Crippen LogP contribution in [-0.2, 0) is 22.9 Å². The van der Waals surface area contributed by atoms with E-state index in [1.54, 1.807) is 12.1 Å². The van der Waals surface area contributed by atoms with Gasteiger partial charge in [0.05, 0.1) is 17.6 Å². The summed E-state index contributed by atoms with van der Waals surface area (Å²) < 4.78 is 32.8. The minimum absolute atomic E-state index is 0.0880. The summed E-state index contributed by atoms with van der Waals surface area (Å²) in [4.78, 5) is 26.1. The van der Waals surface area contributed by atoms with Crippen molar-refractivity contribution in [3.05, 3.63) is 70.1 Å². The van der Waals surface area contributed by atoms with Gasteiger partial charge >= 0.3 is 0 Å². The lowest BCUT2D eigenvalue weighted by atomic mass is 9.88. The van der Waals surface area contributed by atoms with Crippen LogP contribution in [0.2, 0.25) is 0 Å². The molecule has 178 valence electrons. The molecular formula is C24H25N3O5S2. The Kier molecular flexibility index (Phi) is 6.63. The summed E-state index contributed by atoms with van der Waals surface area (Å²) in [6.45, 7) is 2.16. The van der Waals surface area contributed by atoms with Gasteiger partial charge in [0.15, 0.2) is 0 Å². The van der Waals surface area contributed by atoms with Crippen LogP contribution in [0.15, 0.2) is 53.4 Å². The van der Waals surface area contributed by atoms with Crippen molar-refractivity contribution in [3.8, 4) is 5.75 Å². The molecule has 0 fully saturated rings. The Morgan fingerprint density at radius 2 is 1.76 bits per heavy atom. The van der Waals surface area contributed by atoms with Crippen LogP contribution in [0.25, 0.3) is 0 Å². The fraction of sp³-hybridized carbons (Fsp3) is 0.250. The average Bonchev–Trinajstić information content (AvgIpc) is 3.16. The van der Waals surface area contributed by atoms with E-state index in [-0.39, 0.29) is 4.90 Å². The van der Waals surface area contributed by atoms with E-state index >= 15 is 0 Å². The van der Waals surface area contributed by atoms with Crippen LogP contribution < -0.4 is 20.5 Å². The van der Waals surface area contributed by atoms with Crippen molar-refractivity contribution in [2.24, 2.45) is 11.7 Å². The molecular weight excluding hydrogens is 474 g/mol. The number of amides is 2. The second-order valence-electron chi connectivity index (χ2n) is 8.23. The molecule has 3 aromatic rings. The number of hydrogen-bond acceptors (Lipinski definition) is 6. The molecule has 10 heteroatoms. The second kappa shape index (κ2) is 9.47. The zero-order valence-electron chi connectivity index (χ0n) is 18.8. The van der Waals surface area contributed by atoms with Crippen molar-refractivity contribution < 1.29 is 22.7 Å². The van der Waals surface area contributed by atoms with Crippen LogP contribution in [-0.4, -0.2) is 27.3 Å². The van der Waals surface area contributed by atoms with E-state index in [0.717, 1.165) is 29.7 Å². The molecule has 8 nitrogen and oxygen atoms in total. The fourth-order valence-corrected chi connectivity index (χ4v) is 6.40. The van der Waals surface area contributed by atoms with E-state index in [1.165, 1.54) is 54.8 Å². The fourth-order valence-electron chi connectivity index (χ4n) is 3.93. The molecule has 4 N–H and O–H groups in total. The lowest BCUT2D eigenvalue weighted by Gasteiger charge is -2.18. The third-order valence-corrected chi connectivity index (χ3v) is 8.32. The topological polar surface area (TPSA) is 128 Å². The number of fused-ring (bicyclic) bond motifs is 1. The maximum absolute atomic E-state index is 12.8. The molecule has 4 rings (SSSR count). The van der Waals surface area contributed by atoms with Gasteiger partial charge < -0.3 is 15.8 Å². The molecule has 2 aromatic carbocycles. The summed E-state index contributed by atoms with van der Waals surface area (Å²) in [6.07, 6.45) is 2.61. The van der Waals surface area contributed by atoms with Gasteiger partial charge in [0.2, 0.25) is 0 Å². The highest BCUT2D eigenvalue weighted by molar-refractivity contribution is 7.92. The van der Waals surface area contributed by atoms with Crippen molar-refractivity contribution in [1.82, 2.24) is 0 Å². The zero-order valence-corrected chi connectivity index (χ0v) is 20.4. The number of methoxy groups -OCH3 is 1. The van der Waals surface area contributed by atoms with Gasteiger partial charge in [-0.1, -0.05) is 6.92 Å². The Morgan fingerprint density at radius 1 is 1.09 bits per heavy atom. The summed E-state index contributed by atoms with van der Waals surface area (Å²) in [7, 11) is -2.30. The molecule has 0 bridgehead atoms. The zero-order chi connectivity index (χ0) is 24.5. The first-order valence-electron chi connectivity index (χ1n) is 10.7. The standard InChI is InChI=1S/C24H25N3O5S2/c1-14-3-12-19-20(13-14)33-24(21(19)22(25)28)26-23(29)15-4-6-16(7-5-15)27-34(30,31)18-10-8-17(32-2)9-11-18/h4-11,14,27H,3,12-13H2,1-2H3,(H2,25,28)(H,26,29)/t14-/m1/s1. The molecule has 1 heterocycles. The molecule has 0 saturated carbocycles. The number of primary amides is 1. The Balaban J connectivity index is 1.49. The SMILES string of the molecule is COc1ccc(S(=O)(=O)Nc2ccc(C(=O)Nc3sc4c(c3C(N)=O)CC[C@@H](C)C4)cc2)cc1. The van der Waals surface area contributed by atoms with E-state index < -0.39 is 21.8 Å². The lowest BCUT2D eigenvalue weighted by Crippen LogP contribution is -2.19. The Bertz CT molecular complexity index is 1330. The minimum Gasteiger partial charge on any atom is -0.497 e. The van der Waals surface area contributed by atoms with Gasteiger partial charge in [-0.15, -0.1) is 11.3 Å². The largest absolute Gasteiger partial charge is 0.497 e. The first-order chi connectivity index (χ1) is 16.2. The Morgan fingerprint density at radius 3 is 2.38 bits per heavy atom. The van der Waals surface area contributed by atoms with Crippen LogP contribution >= 0.6 is 11.3 Å². The molecule has 34 heavy (non-hydrogen) atoms. The Hall–Kier alpha value is -3.37. The van der Waals surface area contributed by atoms with Gasteiger partial charge in [-0.3, -0.25) is 14.3 Å². The average molecular weight is 500 g/mol. The first kappa shape index (κ1) is 23.8. The monoisotopic (exact) mass is 499 g/mol. The number of hydrogen-bond donors (Lipinski definition) is 3. The van der Waals surface area contributed by atoms with Gasteiger partial charge in [-0.25, -0.2) is 8.42 Å². The first-order valence-corrected chi connectivity index (χ1v) is 13.0. The normalized spacial score (nSPS) is 15.3. The third-order valence-electron chi connectivity index (χ3n) is 5.75. The van der Waals surface area contributed by atoms with Gasteiger partial charge in [0.1, 0.15) is 10.8 Å². The van der Waals surface area contributed by atoms with Gasteiger partial charge in [-0.2, -0.15) is 0 Å². The van der Waals surface area contributed by atoms with Crippen molar-refractivity contribution >= 4 is 43.9 Å². The highest BCUT2D eigenvalue weighted by Crippen LogP contribution is 2.39. The van der Waals surface area contributed by atoms with Crippen molar-refractivity contribution in [1.29, 1.82) is 0 Å². The number of nitrogens with two attached hydrogens (primary N) is 1. The summed E-state index contributed by atoms with van der Waals surface area (Å²) in [6, 6.07) is 12.1. The second-order valence-corrected chi connectivity index (χ2v) is 11.0. The van der Waals surface area contributed by atoms with E-state index in [4.69, 9.17) is 10.5 Å². The molecule has 0 radical (unpaired) electrons. The number of thiophene rings is 1. The maximum atomic E-state index is 12.8. The molecule has 1 atom stereocenters. The maximum Gasteiger partial charge on any atom is 0.261 e. The summed E-state index contributed by atoms with van der Waals surface area (Å²) in [5.41, 5.74) is 7.58. The number of rotatable bonds is 7. The number of carbonyl (C=O) groups excluding carboxylic acids is 2. The minimum atomic E-state index is -3.80. The molecule has 0 saturated heterocycles. The van der Waals surface area contributed by atoms with Crippen LogP contribution in [0.5, 0.6) is 5.75 Å². The molecule has 1 aliphatic rings. The van der Waals surface area contributed by atoms with Crippen LogP contribution in [0.1, 0.15) is 44.5 Å². The molecule has 1 aromatic heterocycles. The number of nitrogens with one attached hydrogen (secondary N) is 2. The van der Waals surface area contributed by atoms with Crippen molar-refractivity contribution in [2.75, 3.05) is 17.1 Å². The molecule has 2 amide bonds. The van der Waals surface area contributed by atoms with Crippen molar-refractivity contribution in [3.63, 3.8) is 0 Å². The smallest absolute Gasteiger partial charge is 0.261 e. The van der Waals surface area contributed by atoms with E-state index in [0.29, 0.717) is 33.5 Å². The van der Waals surface area contributed by atoms with Crippen LogP contribution in [0, 0.1) is 5.92 Å². The molecule has 0 spiro atoms. The van der Waals surface area contributed by atoms with E-state index in [2.05, 4.69) is 17.0 Å². The number of carbonyl (C=O) groups is 2. The van der Waals surface area contributed by atoms with Gasteiger partial charge in [0.25, 0.3) is 21.8 Å². The van der Waals surface area contributed by atoms with E-state index in [9.17, 15) is 18.0 Å². The molecule has 0 unspecified atom stereocenters. The van der Waals surface area contributed by atoms with Crippen molar-refractivity contribution in [2.45, 2.75) is 31.1 Å². The molecule has 1 aliphatic carbocycles. The summed E-state index contributed by atoms with van der Waals surface area (Å²) >= 11 is 1.39. The summed E-state index contributed by atoms with van der Waals surface area (Å²) in [5, 5.41) is 3.27. The quantitative estimate of drug-likeness (QED) is 0.452. The third kappa shape index (κ3) is 4.92. The van der Waals surface area contributed by atoms with Crippen LogP contribution in [0.4, 0.5) is 10.7 Å². The number of anilines is 2. The highest BCUT2D eigenvalue weighted by atomic mass is 32.2. The molecule has 0 aliphatic heterocycles. The number of benzene rings is 2. The number of ether oxygens (including phenoxy) is 1.